The summed E-state index contributed by atoms with van der Waals surface area (Å²) in [6.45, 7) is 3.85. The number of nitrogens with one attached hydrogen (secondary N) is 1. The van der Waals surface area contributed by atoms with Gasteiger partial charge in [0.25, 0.3) is 5.91 Å². The van der Waals surface area contributed by atoms with Crippen LogP contribution in [0.4, 0.5) is 5.88 Å². The van der Waals surface area contributed by atoms with Crippen LogP contribution in [0.3, 0.4) is 0 Å². The van der Waals surface area contributed by atoms with Gasteiger partial charge in [-0.05, 0) is 13.0 Å². The third kappa shape index (κ3) is 2.44. The topological polar surface area (TPSA) is 88.6 Å². The van der Waals surface area contributed by atoms with Crippen molar-refractivity contribution in [1.29, 1.82) is 0 Å². The summed E-state index contributed by atoms with van der Waals surface area (Å²) in [6.07, 6.45) is 0. The molecule has 1 aliphatic rings. The van der Waals surface area contributed by atoms with Crippen molar-refractivity contribution >= 4 is 11.8 Å². The van der Waals surface area contributed by atoms with E-state index in [0.717, 1.165) is 6.54 Å². The van der Waals surface area contributed by atoms with Gasteiger partial charge in [0.2, 0.25) is 0 Å². The predicted molar refractivity (Wildman–Crippen MR) is 58.7 cm³/mol. The molecule has 92 valence electrons. The highest BCUT2D eigenvalue weighted by atomic mass is 16.6. The Bertz CT molecular complexity index is 443. The molecule has 0 radical (unpaired) electrons. The van der Waals surface area contributed by atoms with Crippen LogP contribution in [0.5, 0.6) is 0 Å². The molecule has 0 aromatic carbocycles. The SMILES string of the molecule is CC1CN(C(=O)c2ccc([N+](=O)[O-])o2)CCN1. The lowest BCUT2D eigenvalue weighted by molar-refractivity contribution is -0.402. The highest BCUT2D eigenvalue weighted by Crippen LogP contribution is 2.17. The average molecular weight is 239 g/mol. The molecule has 0 spiro atoms. The molecule has 2 rings (SSSR count). The normalized spacial score (nSPS) is 20.3. The van der Waals surface area contributed by atoms with Crippen molar-refractivity contribution in [1.82, 2.24) is 10.2 Å². The van der Waals surface area contributed by atoms with Crippen molar-refractivity contribution in [2.75, 3.05) is 19.6 Å². The van der Waals surface area contributed by atoms with Crippen LogP contribution in [0, 0.1) is 10.1 Å². The number of carbonyl (C=O) groups excluding carboxylic acids is 1. The number of nitro groups is 1. The Hall–Kier alpha value is -1.89. The molecule has 1 saturated heterocycles. The maximum Gasteiger partial charge on any atom is 0.433 e. The van der Waals surface area contributed by atoms with E-state index in [9.17, 15) is 14.9 Å². The van der Waals surface area contributed by atoms with E-state index >= 15 is 0 Å². The Labute approximate surface area is 97.5 Å². The molecule has 1 unspecified atom stereocenters. The van der Waals surface area contributed by atoms with E-state index < -0.39 is 10.8 Å². The van der Waals surface area contributed by atoms with Crippen molar-refractivity contribution in [2.24, 2.45) is 0 Å². The van der Waals surface area contributed by atoms with E-state index in [2.05, 4.69) is 5.32 Å². The fraction of sp³-hybridized carbons (Fsp3) is 0.500. The van der Waals surface area contributed by atoms with Gasteiger partial charge in [-0.15, -0.1) is 0 Å². The van der Waals surface area contributed by atoms with Crippen molar-refractivity contribution in [3.8, 4) is 0 Å². The van der Waals surface area contributed by atoms with Crippen molar-refractivity contribution in [3.63, 3.8) is 0 Å². The van der Waals surface area contributed by atoms with E-state index in [-0.39, 0.29) is 17.7 Å². The molecule has 7 heteroatoms. The van der Waals surface area contributed by atoms with Gasteiger partial charge in [0.05, 0.1) is 6.07 Å². The van der Waals surface area contributed by atoms with Crippen LogP contribution in [-0.2, 0) is 0 Å². The maximum absolute atomic E-state index is 12.0. The number of furan rings is 1. The van der Waals surface area contributed by atoms with Crippen LogP contribution in [0.1, 0.15) is 17.5 Å². The van der Waals surface area contributed by atoms with Crippen LogP contribution >= 0.6 is 0 Å². The third-order valence-corrected chi connectivity index (χ3v) is 2.64. The minimum absolute atomic E-state index is 0.0193. The molecule has 1 amide bonds. The summed E-state index contributed by atoms with van der Waals surface area (Å²) in [5.41, 5.74) is 0. The van der Waals surface area contributed by atoms with E-state index in [1.807, 2.05) is 6.92 Å². The standard InChI is InChI=1S/C10H13N3O4/c1-7-6-12(5-4-11-7)10(14)8-2-3-9(17-8)13(15)16/h2-3,7,11H,4-6H2,1H3. The molecule has 0 aliphatic carbocycles. The summed E-state index contributed by atoms with van der Waals surface area (Å²) < 4.78 is 4.88. The summed E-state index contributed by atoms with van der Waals surface area (Å²) >= 11 is 0. The van der Waals surface area contributed by atoms with Gasteiger partial charge < -0.3 is 14.6 Å². The van der Waals surface area contributed by atoms with Crippen LogP contribution in [0.15, 0.2) is 16.5 Å². The Morgan fingerprint density at radius 3 is 3.00 bits per heavy atom. The minimum atomic E-state index is -0.656. The fourth-order valence-corrected chi connectivity index (χ4v) is 1.81. The molecule has 7 nitrogen and oxygen atoms in total. The monoisotopic (exact) mass is 239 g/mol. The van der Waals surface area contributed by atoms with Gasteiger partial charge >= 0.3 is 5.88 Å². The molecule has 17 heavy (non-hydrogen) atoms. The Balaban J connectivity index is 2.10. The van der Waals surface area contributed by atoms with Crippen molar-refractivity contribution in [3.05, 3.63) is 28.0 Å². The van der Waals surface area contributed by atoms with E-state index in [1.54, 1.807) is 4.90 Å². The zero-order valence-corrected chi connectivity index (χ0v) is 9.38. The summed E-state index contributed by atoms with van der Waals surface area (Å²) in [5, 5.41) is 13.7. The predicted octanol–water partition coefficient (Wildman–Crippen LogP) is 0.622. The lowest BCUT2D eigenvalue weighted by Gasteiger charge is -2.31. The molecular formula is C10H13N3O4. The van der Waals surface area contributed by atoms with Gasteiger partial charge in [0.15, 0.2) is 5.76 Å². The number of rotatable bonds is 2. The molecular weight excluding hydrogens is 226 g/mol. The number of piperazine rings is 1. The second kappa shape index (κ2) is 4.54. The van der Waals surface area contributed by atoms with Crippen LogP contribution in [-0.4, -0.2) is 41.4 Å². The van der Waals surface area contributed by atoms with Gasteiger partial charge in [0.1, 0.15) is 4.92 Å². The maximum atomic E-state index is 12.0. The number of hydrogen-bond donors (Lipinski definition) is 1. The molecule has 2 heterocycles. The summed E-state index contributed by atoms with van der Waals surface area (Å²) in [7, 11) is 0. The number of carbonyl (C=O) groups is 1. The van der Waals surface area contributed by atoms with E-state index in [4.69, 9.17) is 4.42 Å². The van der Waals surface area contributed by atoms with E-state index in [1.165, 1.54) is 12.1 Å². The summed E-state index contributed by atoms with van der Waals surface area (Å²) in [6, 6.07) is 2.75. The molecule has 1 atom stereocenters. The quantitative estimate of drug-likeness (QED) is 0.603. The van der Waals surface area contributed by atoms with Gasteiger partial charge in [-0.1, -0.05) is 0 Å². The van der Waals surface area contributed by atoms with Gasteiger partial charge in [-0.3, -0.25) is 14.9 Å². The molecule has 0 saturated carbocycles. The highest BCUT2D eigenvalue weighted by Gasteiger charge is 2.25. The second-order valence-electron chi connectivity index (χ2n) is 4.00. The van der Waals surface area contributed by atoms with Gasteiger partial charge in [0, 0.05) is 25.7 Å². The average Bonchev–Trinajstić information content (AvgIpc) is 2.77. The summed E-state index contributed by atoms with van der Waals surface area (Å²) in [4.78, 5) is 23.4. The minimum Gasteiger partial charge on any atom is -0.395 e. The van der Waals surface area contributed by atoms with Crippen LogP contribution < -0.4 is 5.32 Å². The summed E-state index contributed by atoms with van der Waals surface area (Å²) in [5.74, 6) is -0.686. The fourth-order valence-electron chi connectivity index (χ4n) is 1.81. The zero-order valence-electron chi connectivity index (χ0n) is 9.38. The Morgan fingerprint density at radius 2 is 2.41 bits per heavy atom. The second-order valence-corrected chi connectivity index (χ2v) is 4.00. The van der Waals surface area contributed by atoms with Crippen molar-refractivity contribution in [2.45, 2.75) is 13.0 Å². The third-order valence-electron chi connectivity index (χ3n) is 2.64. The molecule has 1 fully saturated rings. The Kier molecular flexibility index (Phi) is 3.10. The largest absolute Gasteiger partial charge is 0.433 e. The number of hydrogen-bond acceptors (Lipinski definition) is 5. The molecule has 0 bridgehead atoms. The Morgan fingerprint density at radius 1 is 1.65 bits per heavy atom. The lowest BCUT2D eigenvalue weighted by atomic mass is 10.2. The zero-order chi connectivity index (χ0) is 12.4. The van der Waals surface area contributed by atoms with Crippen molar-refractivity contribution < 1.29 is 14.1 Å². The lowest BCUT2D eigenvalue weighted by Crippen LogP contribution is -2.51. The van der Waals surface area contributed by atoms with Crippen LogP contribution in [0.25, 0.3) is 0 Å². The molecule has 1 N–H and O–H groups in total. The first-order valence-corrected chi connectivity index (χ1v) is 5.35. The van der Waals surface area contributed by atoms with E-state index in [0.29, 0.717) is 13.1 Å². The molecule has 1 aromatic heterocycles. The van der Waals surface area contributed by atoms with Gasteiger partial charge in [-0.25, -0.2) is 0 Å². The molecule has 1 aliphatic heterocycles. The number of amides is 1. The number of nitrogens with zero attached hydrogens (tertiary/aromatic N) is 2. The van der Waals surface area contributed by atoms with Crippen LogP contribution in [0.2, 0.25) is 0 Å². The first-order valence-electron chi connectivity index (χ1n) is 5.35. The first kappa shape index (κ1) is 11.6. The van der Waals surface area contributed by atoms with Gasteiger partial charge in [-0.2, -0.15) is 0 Å². The smallest absolute Gasteiger partial charge is 0.395 e. The first-order chi connectivity index (χ1) is 8.08. The molecule has 1 aromatic rings. The highest BCUT2D eigenvalue weighted by molar-refractivity contribution is 5.91.